The van der Waals surface area contributed by atoms with Gasteiger partial charge in [-0.2, -0.15) is 0 Å². The van der Waals surface area contributed by atoms with E-state index in [4.69, 9.17) is 18.9 Å². The predicted molar refractivity (Wildman–Crippen MR) is 127 cm³/mol. The zero-order valence-corrected chi connectivity index (χ0v) is 21.6. The zero-order chi connectivity index (χ0) is 27.4. The second kappa shape index (κ2) is 11.9. The molecule has 1 saturated heterocycles. The fraction of sp³-hybridized carbons (Fsp3) is 0.560. The van der Waals surface area contributed by atoms with Crippen LogP contribution in [-0.2, 0) is 25.4 Å². The molecule has 3 rings (SSSR count). The third kappa shape index (κ3) is 6.56. The maximum absolute atomic E-state index is 14.9. The van der Waals surface area contributed by atoms with Gasteiger partial charge in [-0.1, -0.05) is 6.07 Å². The van der Waals surface area contributed by atoms with Crippen molar-refractivity contribution in [3.05, 3.63) is 40.8 Å². The Labute approximate surface area is 214 Å². The minimum atomic E-state index is -1.84. The first-order chi connectivity index (χ1) is 17.4. The number of carbonyl (C=O) groups excluding carboxylic acids is 2. The number of aliphatic hydroxyl groups is 2. The zero-order valence-electron chi connectivity index (χ0n) is 21.6. The highest BCUT2D eigenvalue weighted by atomic mass is 19.1. The van der Waals surface area contributed by atoms with Gasteiger partial charge >= 0.3 is 6.16 Å². The van der Waals surface area contributed by atoms with Crippen LogP contribution in [0.15, 0.2) is 18.2 Å². The molecule has 0 bridgehead atoms. The number of aromatic nitrogens is 2. The van der Waals surface area contributed by atoms with E-state index in [1.54, 1.807) is 23.7 Å². The molecule has 2 heterocycles. The van der Waals surface area contributed by atoms with Crippen LogP contribution in [-0.4, -0.2) is 76.4 Å². The van der Waals surface area contributed by atoms with Crippen molar-refractivity contribution in [2.45, 2.75) is 77.8 Å². The first kappa shape index (κ1) is 28.4. The maximum atomic E-state index is 14.9. The average Bonchev–Trinajstić information content (AvgIpc) is 3.14. The molecule has 0 saturated carbocycles. The number of methoxy groups -OCH3 is 1. The second-order valence-corrected chi connectivity index (χ2v) is 9.22. The summed E-state index contributed by atoms with van der Waals surface area (Å²) in [4.78, 5) is 23.7. The van der Waals surface area contributed by atoms with Gasteiger partial charge in [0, 0.05) is 29.8 Å². The summed E-state index contributed by atoms with van der Waals surface area (Å²) in [5.74, 6) is -1.02. The molecule has 0 radical (unpaired) electrons. The Kier molecular flexibility index (Phi) is 9.11. The Bertz CT molecular complexity index is 1120. The highest BCUT2D eigenvalue weighted by molar-refractivity contribution is 5.88. The van der Waals surface area contributed by atoms with Gasteiger partial charge in [-0.05, 0) is 46.2 Å². The van der Waals surface area contributed by atoms with Crippen LogP contribution in [0.25, 0.3) is 0 Å². The highest BCUT2D eigenvalue weighted by Crippen LogP contribution is 2.31. The van der Waals surface area contributed by atoms with Crippen molar-refractivity contribution in [1.82, 2.24) is 9.78 Å². The molecule has 1 aliphatic rings. The Hall–Kier alpha value is -3.22. The summed E-state index contributed by atoms with van der Waals surface area (Å²) in [5, 5.41) is 25.0. The maximum Gasteiger partial charge on any atom is 0.508 e. The lowest BCUT2D eigenvalue weighted by molar-refractivity contribution is -0.231. The SMILES string of the molecule is COC(=O)OC[C@H]1O[C@@H](Oc2nn(C(C)C)c(C)c2Cc2ccc(OC(C)C)cc2F)[C@H](O)C(=O)[C@@H]1O. The number of carbonyl (C=O) groups is 2. The van der Waals surface area contributed by atoms with Crippen molar-refractivity contribution in [1.29, 1.82) is 0 Å². The lowest BCUT2D eigenvalue weighted by atomic mass is 10.0. The number of benzene rings is 1. The number of Topliss-reactive ketones (excluding diaryl/α,β-unsaturated/α-hetero) is 1. The van der Waals surface area contributed by atoms with Crippen molar-refractivity contribution in [2.24, 2.45) is 0 Å². The van der Waals surface area contributed by atoms with Crippen LogP contribution in [0.1, 0.15) is 50.6 Å². The molecule has 204 valence electrons. The molecule has 37 heavy (non-hydrogen) atoms. The van der Waals surface area contributed by atoms with E-state index in [0.717, 1.165) is 7.11 Å². The summed E-state index contributed by atoms with van der Waals surface area (Å²) in [7, 11) is 1.10. The number of nitrogens with zero attached hydrogens (tertiary/aromatic N) is 2. The first-order valence-electron chi connectivity index (χ1n) is 11.9. The molecule has 12 heteroatoms. The standard InChI is InChI=1S/C25H33FN2O9/c1-12(2)28-14(5)17(9-15-7-8-16(10-18(15)26)35-13(3)4)23(27-28)37-24-22(31)21(30)20(29)19(36-24)11-34-25(32)33-6/h7-8,10,12-13,19-20,22,24,29,31H,9,11H2,1-6H3/t19-,20-,22-,24+/m1/s1. The molecular weight excluding hydrogens is 491 g/mol. The van der Waals surface area contributed by atoms with E-state index < -0.39 is 49.0 Å². The fourth-order valence-electron chi connectivity index (χ4n) is 3.89. The Balaban J connectivity index is 1.88. The van der Waals surface area contributed by atoms with Crippen LogP contribution in [0.2, 0.25) is 0 Å². The molecule has 1 fully saturated rings. The van der Waals surface area contributed by atoms with Gasteiger partial charge in [0.25, 0.3) is 0 Å². The van der Waals surface area contributed by atoms with E-state index in [-0.39, 0.29) is 24.4 Å². The van der Waals surface area contributed by atoms with Gasteiger partial charge in [-0.25, -0.2) is 9.18 Å². The van der Waals surface area contributed by atoms with Crippen LogP contribution < -0.4 is 9.47 Å². The molecule has 0 amide bonds. The fourth-order valence-corrected chi connectivity index (χ4v) is 3.89. The normalized spacial score (nSPS) is 21.9. The molecular formula is C25H33FN2O9. The van der Waals surface area contributed by atoms with Gasteiger partial charge in [0.15, 0.2) is 11.9 Å². The van der Waals surface area contributed by atoms with Gasteiger partial charge < -0.3 is 33.9 Å². The van der Waals surface area contributed by atoms with Crippen LogP contribution >= 0.6 is 0 Å². The third-order valence-electron chi connectivity index (χ3n) is 5.75. The summed E-state index contributed by atoms with van der Waals surface area (Å²) in [6, 6.07) is 4.50. The molecule has 1 aliphatic heterocycles. The Morgan fingerprint density at radius 3 is 2.51 bits per heavy atom. The van der Waals surface area contributed by atoms with Gasteiger partial charge in [0.1, 0.15) is 30.4 Å². The molecule has 0 aliphatic carbocycles. The van der Waals surface area contributed by atoms with Crippen LogP contribution in [0, 0.1) is 12.7 Å². The van der Waals surface area contributed by atoms with E-state index in [2.05, 4.69) is 9.84 Å². The Morgan fingerprint density at radius 1 is 1.22 bits per heavy atom. The van der Waals surface area contributed by atoms with Gasteiger partial charge in [-0.15, -0.1) is 5.10 Å². The third-order valence-corrected chi connectivity index (χ3v) is 5.75. The van der Waals surface area contributed by atoms with Gasteiger partial charge in [-0.3, -0.25) is 9.48 Å². The lowest BCUT2D eigenvalue weighted by Crippen LogP contribution is -2.58. The van der Waals surface area contributed by atoms with Crippen LogP contribution in [0.4, 0.5) is 9.18 Å². The molecule has 1 aromatic heterocycles. The molecule has 2 aromatic rings. The van der Waals surface area contributed by atoms with E-state index in [1.807, 2.05) is 27.7 Å². The number of ketones is 1. The van der Waals surface area contributed by atoms with E-state index in [9.17, 15) is 24.2 Å². The van der Waals surface area contributed by atoms with E-state index >= 15 is 0 Å². The molecule has 11 nitrogen and oxygen atoms in total. The quantitative estimate of drug-likeness (QED) is 0.470. The predicted octanol–water partition coefficient (Wildman–Crippen LogP) is 2.47. The summed E-state index contributed by atoms with van der Waals surface area (Å²) >= 11 is 0. The van der Waals surface area contributed by atoms with Crippen molar-refractivity contribution in [2.75, 3.05) is 13.7 Å². The highest BCUT2D eigenvalue weighted by Gasteiger charge is 2.46. The van der Waals surface area contributed by atoms with Crippen LogP contribution in [0.3, 0.4) is 0 Å². The lowest BCUT2D eigenvalue weighted by Gasteiger charge is -2.35. The summed E-state index contributed by atoms with van der Waals surface area (Å²) in [6.45, 7) is 8.77. The van der Waals surface area contributed by atoms with E-state index in [1.165, 1.54) is 6.07 Å². The Morgan fingerprint density at radius 2 is 1.92 bits per heavy atom. The molecule has 0 unspecified atom stereocenters. The minimum absolute atomic E-state index is 0.0222. The molecule has 1 aromatic carbocycles. The molecule has 2 N–H and O–H groups in total. The average molecular weight is 525 g/mol. The van der Waals surface area contributed by atoms with Gasteiger partial charge in [0.2, 0.25) is 12.2 Å². The van der Waals surface area contributed by atoms with E-state index in [0.29, 0.717) is 22.6 Å². The number of hydrogen-bond donors (Lipinski definition) is 2. The monoisotopic (exact) mass is 524 g/mol. The minimum Gasteiger partial charge on any atom is -0.491 e. The number of rotatable bonds is 9. The molecule has 0 spiro atoms. The molecule has 4 atom stereocenters. The topological polar surface area (TPSA) is 139 Å². The van der Waals surface area contributed by atoms with Crippen molar-refractivity contribution < 1.29 is 47.9 Å². The smallest absolute Gasteiger partial charge is 0.491 e. The number of aliphatic hydroxyl groups excluding tert-OH is 2. The van der Waals surface area contributed by atoms with Crippen molar-refractivity contribution in [3.63, 3.8) is 0 Å². The largest absolute Gasteiger partial charge is 0.508 e. The second-order valence-electron chi connectivity index (χ2n) is 9.22. The van der Waals surface area contributed by atoms with Crippen molar-refractivity contribution in [3.8, 4) is 11.6 Å². The number of halogens is 1. The number of ether oxygens (including phenoxy) is 5. The van der Waals surface area contributed by atoms with Crippen LogP contribution in [0.5, 0.6) is 11.6 Å². The van der Waals surface area contributed by atoms with Gasteiger partial charge in [0.05, 0.1) is 13.2 Å². The summed E-state index contributed by atoms with van der Waals surface area (Å²) < 4.78 is 42.7. The summed E-state index contributed by atoms with van der Waals surface area (Å²) in [5.41, 5.74) is 1.56. The number of hydrogen-bond acceptors (Lipinski definition) is 10. The first-order valence-corrected chi connectivity index (χ1v) is 11.9. The van der Waals surface area contributed by atoms with Crippen molar-refractivity contribution >= 4 is 11.9 Å². The summed E-state index contributed by atoms with van der Waals surface area (Å²) in [6.07, 6.45) is -7.53.